The Hall–Kier alpha value is -0.390. The highest BCUT2D eigenvalue weighted by atomic mass is 31.2. The molecule has 0 radical (unpaired) electrons. The van der Waals surface area contributed by atoms with Gasteiger partial charge in [0.2, 0.25) is 0 Å². The lowest BCUT2D eigenvalue weighted by Gasteiger charge is -2.26. The van der Waals surface area contributed by atoms with Gasteiger partial charge in [-0.25, -0.2) is 0 Å². The minimum atomic E-state index is -1.65. The first kappa shape index (κ1) is 14.0. The average Bonchev–Trinajstić information content (AvgIpc) is 2.16. The Kier molecular flexibility index (Phi) is 3.60. The molecule has 0 aliphatic carbocycles. The average molecular weight is 265 g/mol. The number of fused-ring (bicyclic) bond motifs is 1. The highest BCUT2D eigenvalue weighted by Crippen LogP contribution is 2.57. The summed E-state index contributed by atoms with van der Waals surface area (Å²) in [6.45, 7) is 11.1. The van der Waals surface area contributed by atoms with E-state index in [-0.39, 0.29) is 0 Å². The van der Waals surface area contributed by atoms with E-state index in [2.05, 4.69) is 46.5 Å². The van der Waals surface area contributed by atoms with Gasteiger partial charge in [0.25, 0.3) is 0 Å². The molecule has 0 spiro atoms. The van der Waals surface area contributed by atoms with Crippen LogP contribution in [-0.4, -0.2) is 17.7 Å². The van der Waals surface area contributed by atoms with E-state index in [9.17, 15) is 4.89 Å². The van der Waals surface area contributed by atoms with E-state index in [4.69, 9.17) is 0 Å². The molecule has 1 unspecified atom stereocenters. The van der Waals surface area contributed by atoms with Gasteiger partial charge in [0.1, 0.15) is 13.7 Å². The van der Waals surface area contributed by atoms with Crippen LogP contribution in [0.25, 0.3) is 0 Å². The summed E-state index contributed by atoms with van der Waals surface area (Å²) in [6.07, 6.45) is 4.12. The topological polar surface area (TPSA) is 20.2 Å². The Morgan fingerprint density at radius 1 is 1.28 bits per heavy atom. The van der Waals surface area contributed by atoms with Crippen LogP contribution in [0.2, 0.25) is 0 Å². The third-order valence-electron chi connectivity index (χ3n) is 3.72. The van der Waals surface area contributed by atoms with E-state index in [0.29, 0.717) is 5.41 Å². The zero-order valence-corrected chi connectivity index (χ0v) is 13.3. The summed E-state index contributed by atoms with van der Waals surface area (Å²) in [5.74, 6) is 0. The molecule has 100 valence electrons. The van der Waals surface area contributed by atoms with Crippen molar-refractivity contribution in [2.75, 3.05) is 12.8 Å². The largest absolute Gasteiger partial charge is 0.252 e. The van der Waals surface area contributed by atoms with E-state index in [1.165, 1.54) is 22.3 Å². The van der Waals surface area contributed by atoms with Gasteiger partial charge in [-0.2, -0.15) is 0 Å². The molecule has 1 aromatic rings. The van der Waals surface area contributed by atoms with Crippen molar-refractivity contribution in [1.29, 1.82) is 0 Å². The van der Waals surface area contributed by atoms with Crippen molar-refractivity contribution >= 4 is 7.49 Å². The van der Waals surface area contributed by atoms with E-state index in [1.54, 1.807) is 0 Å². The maximum atomic E-state index is 10.3. The fourth-order valence-electron chi connectivity index (χ4n) is 2.92. The monoisotopic (exact) mass is 265 g/mol. The van der Waals surface area contributed by atoms with Crippen LogP contribution in [0.3, 0.4) is 0 Å². The fraction of sp³-hybridized carbons (Fsp3) is 0.625. The first-order valence-electron chi connectivity index (χ1n) is 6.85. The Morgan fingerprint density at radius 2 is 1.94 bits per heavy atom. The Morgan fingerprint density at radius 3 is 2.56 bits per heavy atom. The predicted octanol–water partition coefficient (Wildman–Crippen LogP) is 4.19. The molecule has 1 atom stereocenters. The standard InChI is InChI=1S/C16H26OP/c1-12-8-13(10-16(2,3)4)9-14-6-7-18(5,17)11-15(12)14/h8-9,17H,6-7,10-11H2,1-5H3/q+1. The molecule has 0 fully saturated rings. The lowest BCUT2D eigenvalue weighted by Crippen LogP contribution is -2.15. The van der Waals surface area contributed by atoms with Crippen LogP contribution in [0.5, 0.6) is 0 Å². The minimum Gasteiger partial charge on any atom is -0.252 e. The molecule has 1 aliphatic rings. The van der Waals surface area contributed by atoms with Crippen LogP contribution in [0.4, 0.5) is 0 Å². The second kappa shape index (κ2) is 4.62. The van der Waals surface area contributed by atoms with Crippen molar-refractivity contribution in [1.82, 2.24) is 0 Å². The van der Waals surface area contributed by atoms with Gasteiger partial charge in [0.05, 0.1) is 12.8 Å². The molecule has 0 saturated carbocycles. The smallest absolute Gasteiger partial charge is 0.143 e. The molecule has 1 N–H and O–H groups in total. The molecule has 1 aromatic carbocycles. The number of hydrogen-bond acceptors (Lipinski definition) is 1. The van der Waals surface area contributed by atoms with E-state index in [1.807, 2.05) is 0 Å². The summed E-state index contributed by atoms with van der Waals surface area (Å²) < 4.78 is 0. The van der Waals surface area contributed by atoms with Gasteiger partial charge in [0.15, 0.2) is 0 Å². The molecule has 0 bridgehead atoms. The Labute approximate surface area is 112 Å². The Balaban J connectivity index is 2.33. The number of hydrogen-bond donors (Lipinski definition) is 1. The van der Waals surface area contributed by atoms with Crippen LogP contribution >= 0.6 is 7.49 Å². The van der Waals surface area contributed by atoms with Crippen LogP contribution < -0.4 is 0 Å². The first-order valence-corrected chi connectivity index (χ1v) is 9.41. The molecule has 2 heteroatoms. The molecule has 1 heterocycles. The van der Waals surface area contributed by atoms with Gasteiger partial charge in [-0.15, -0.1) is 0 Å². The minimum absolute atomic E-state index is 0.341. The summed E-state index contributed by atoms with van der Waals surface area (Å²) in [5, 5.41) is 0. The van der Waals surface area contributed by atoms with Crippen molar-refractivity contribution in [2.45, 2.75) is 46.7 Å². The van der Waals surface area contributed by atoms with E-state index >= 15 is 0 Å². The van der Waals surface area contributed by atoms with Gasteiger partial charge in [0, 0.05) is 6.42 Å². The van der Waals surface area contributed by atoms with Crippen LogP contribution in [0.15, 0.2) is 12.1 Å². The van der Waals surface area contributed by atoms with Crippen molar-refractivity contribution in [2.24, 2.45) is 5.41 Å². The SMILES string of the molecule is Cc1cc(CC(C)(C)C)cc2c1C[P+](C)(O)CC2. The molecule has 2 rings (SSSR count). The lowest BCUT2D eigenvalue weighted by molar-refractivity contribution is 0.411. The predicted molar refractivity (Wildman–Crippen MR) is 81.7 cm³/mol. The molecule has 0 saturated heterocycles. The molecule has 1 nitrogen and oxygen atoms in total. The third kappa shape index (κ3) is 3.33. The maximum Gasteiger partial charge on any atom is 0.143 e. The molecule has 1 aliphatic heterocycles. The maximum absolute atomic E-state index is 10.3. The van der Waals surface area contributed by atoms with Crippen LogP contribution in [-0.2, 0) is 19.0 Å². The molecule has 0 aromatic heterocycles. The van der Waals surface area contributed by atoms with Gasteiger partial charge in [-0.05, 0) is 41.0 Å². The quantitative estimate of drug-likeness (QED) is 0.755. The van der Waals surface area contributed by atoms with Gasteiger partial charge in [-0.3, -0.25) is 4.89 Å². The summed E-state index contributed by atoms with van der Waals surface area (Å²) in [5.41, 5.74) is 6.09. The Bertz CT molecular complexity index is 455. The van der Waals surface area contributed by atoms with E-state index < -0.39 is 7.49 Å². The van der Waals surface area contributed by atoms with Crippen LogP contribution in [0.1, 0.15) is 43.0 Å². The zero-order chi connectivity index (χ0) is 13.6. The van der Waals surface area contributed by atoms with Crippen LogP contribution in [0, 0.1) is 12.3 Å². The normalized spacial score (nSPS) is 23.9. The van der Waals surface area contributed by atoms with Crippen molar-refractivity contribution < 1.29 is 4.89 Å². The second-order valence-corrected chi connectivity index (χ2v) is 10.7. The molecule has 0 amide bonds. The second-order valence-electron chi connectivity index (χ2n) is 7.26. The molecule has 18 heavy (non-hydrogen) atoms. The van der Waals surface area contributed by atoms with E-state index in [0.717, 1.165) is 25.2 Å². The first-order chi connectivity index (χ1) is 8.16. The number of benzene rings is 1. The summed E-state index contributed by atoms with van der Waals surface area (Å²) in [6, 6.07) is 4.71. The lowest BCUT2D eigenvalue weighted by atomic mass is 9.85. The summed E-state index contributed by atoms with van der Waals surface area (Å²) in [7, 11) is -1.65. The summed E-state index contributed by atoms with van der Waals surface area (Å²) in [4.78, 5) is 10.3. The van der Waals surface area contributed by atoms with Gasteiger partial charge >= 0.3 is 0 Å². The van der Waals surface area contributed by atoms with Crippen molar-refractivity contribution in [3.8, 4) is 0 Å². The molecular weight excluding hydrogens is 239 g/mol. The molecular formula is C16H26OP+. The highest BCUT2D eigenvalue weighted by Gasteiger charge is 2.35. The van der Waals surface area contributed by atoms with Gasteiger partial charge in [-0.1, -0.05) is 32.9 Å². The van der Waals surface area contributed by atoms with Crippen molar-refractivity contribution in [3.05, 3.63) is 34.4 Å². The van der Waals surface area contributed by atoms with Gasteiger partial charge < -0.3 is 0 Å². The zero-order valence-electron chi connectivity index (χ0n) is 12.4. The van der Waals surface area contributed by atoms with Crippen molar-refractivity contribution in [3.63, 3.8) is 0 Å². The highest BCUT2D eigenvalue weighted by molar-refractivity contribution is 7.68. The fourth-order valence-corrected chi connectivity index (χ4v) is 4.93. The summed E-state index contributed by atoms with van der Waals surface area (Å²) >= 11 is 0. The number of rotatable bonds is 1. The third-order valence-corrected chi connectivity index (χ3v) is 5.91. The number of aryl methyl sites for hydroxylation is 2.